The molecule has 0 amide bonds. The van der Waals surface area contributed by atoms with Crippen molar-refractivity contribution in [1.29, 1.82) is 0 Å². The van der Waals surface area contributed by atoms with Crippen LogP contribution >= 0.6 is 36.0 Å². The van der Waals surface area contributed by atoms with Crippen molar-refractivity contribution in [3.8, 4) is 22.4 Å². The molecule has 3 rings (SSSR count). The Bertz CT molecular complexity index is 922. The quantitative estimate of drug-likeness (QED) is 0.536. The highest BCUT2D eigenvalue weighted by molar-refractivity contribution is 7.81. The lowest BCUT2D eigenvalue weighted by atomic mass is 10.0. The minimum atomic E-state index is -0.430. The van der Waals surface area contributed by atoms with E-state index in [1.165, 1.54) is 0 Å². The summed E-state index contributed by atoms with van der Waals surface area (Å²) in [7, 11) is 0. The Balaban J connectivity index is 2.10. The van der Waals surface area contributed by atoms with Crippen LogP contribution in [0.4, 0.5) is 5.95 Å². The summed E-state index contributed by atoms with van der Waals surface area (Å²) in [4.78, 5) is 9.25. The number of nitrogens with two attached hydrogens (primary N) is 1. The normalized spacial score (nSPS) is 11.5. The number of halogens is 2. The topological polar surface area (TPSA) is 55.0 Å². The van der Waals surface area contributed by atoms with Gasteiger partial charge in [-0.05, 0) is 43.7 Å². The van der Waals surface area contributed by atoms with Crippen LogP contribution < -0.4 is 10.0 Å². The van der Waals surface area contributed by atoms with Crippen molar-refractivity contribution in [2.24, 2.45) is 5.73 Å². The third-order valence-electron chi connectivity index (χ3n) is 3.84. The first kappa shape index (κ1) is 20.0. The van der Waals surface area contributed by atoms with Crippen LogP contribution in [0.5, 0.6) is 0 Å². The van der Waals surface area contributed by atoms with Gasteiger partial charge in [0.25, 0.3) is 0 Å². The summed E-state index contributed by atoms with van der Waals surface area (Å²) in [5.74, 6) is 0.486. The van der Waals surface area contributed by atoms with Crippen molar-refractivity contribution < 1.29 is 0 Å². The molecule has 2 aromatic carbocycles. The number of benzene rings is 2. The molecular weight excluding hydrogens is 399 g/mol. The lowest BCUT2D eigenvalue weighted by Crippen LogP contribution is -2.42. The molecule has 0 unspecified atom stereocenters. The smallest absolute Gasteiger partial charge is 0.235 e. The minimum absolute atomic E-state index is 0.430. The standard InChI is InChI=1S/C20H20Cl2N4S/c1-20(2,23)12-26(27)19-24-11-17(13-3-7-15(21)8-4-13)18(25-19)14-5-9-16(22)10-6-14/h3-11,27H,12,23H2,1-2H3. The minimum Gasteiger partial charge on any atom is -0.324 e. The first-order valence-electron chi connectivity index (χ1n) is 8.37. The Hall–Kier alpha value is -1.79. The lowest BCUT2D eigenvalue weighted by Gasteiger charge is -2.25. The molecular formula is C20H20Cl2N4S. The molecule has 0 saturated heterocycles. The van der Waals surface area contributed by atoms with Gasteiger partial charge in [0.1, 0.15) is 0 Å². The molecule has 0 aliphatic heterocycles. The predicted molar refractivity (Wildman–Crippen MR) is 118 cm³/mol. The zero-order valence-corrected chi connectivity index (χ0v) is 17.4. The third-order valence-corrected chi connectivity index (χ3v) is 4.66. The lowest BCUT2D eigenvalue weighted by molar-refractivity contribution is 0.534. The van der Waals surface area contributed by atoms with Gasteiger partial charge in [0.05, 0.1) is 5.69 Å². The molecule has 0 atom stereocenters. The summed E-state index contributed by atoms with van der Waals surface area (Å²) >= 11 is 16.6. The summed E-state index contributed by atoms with van der Waals surface area (Å²) in [5, 5.41) is 1.35. The van der Waals surface area contributed by atoms with Gasteiger partial charge in [-0.3, -0.25) is 4.31 Å². The molecule has 0 aliphatic carbocycles. The van der Waals surface area contributed by atoms with Gasteiger partial charge in [0.15, 0.2) is 0 Å². The molecule has 1 heterocycles. The third kappa shape index (κ3) is 5.14. The van der Waals surface area contributed by atoms with Crippen LogP contribution in [0, 0.1) is 0 Å². The molecule has 7 heteroatoms. The van der Waals surface area contributed by atoms with Crippen LogP contribution in [0.1, 0.15) is 13.8 Å². The number of hydrogen-bond acceptors (Lipinski definition) is 5. The second kappa shape index (κ2) is 8.07. The maximum Gasteiger partial charge on any atom is 0.235 e. The number of aromatic nitrogens is 2. The SMILES string of the molecule is CC(C)(N)CN(S)c1ncc(-c2ccc(Cl)cc2)c(-c2ccc(Cl)cc2)n1. The van der Waals surface area contributed by atoms with Crippen LogP contribution in [0.15, 0.2) is 54.7 Å². The van der Waals surface area contributed by atoms with E-state index in [9.17, 15) is 0 Å². The zero-order valence-electron chi connectivity index (χ0n) is 15.0. The van der Waals surface area contributed by atoms with E-state index in [0.717, 1.165) is 22.4 Å². The van der Waals surface area contributed by atoms with Crippen LogP contribution in [0.25, 0.3) is 22.4 Å². The van der Waals surface area contributed by atoms with E-state index in [0.29, 0.717) is 22.5 Å². The Morgan fingerprint density at radius 2 is 1.48 bits per heavy atom. The Kier molecular flexibility index (Phi) is 5.96. The molecule has 0 spiro atoms. The molecule has 0 fully saturated rings. The van der Waals surface area contributed by atoms with E-state index in [4.69, 9.17) is 33.9 Å². The monoisotopic (exact) mass is 418 g/mol. The Morgan fingerprint density at radius 1 is 0.963 bits per heavy atom. The molecule has 0 radical (unpaired) electrons. The number of rotatable bonds is 5. The molecule has 0 saturated carbocycles. The van der Waals surface area contributed by atoms with Crippen LogP contribution in [-0.4, -0.2) is 22.1 Å². The number of anilines is 1. The average Bonchev–Trinajstić information content (AvgIpc) is 2.61. The fourth-order valence-corrected chi connectivity index (χ4v) is 3.33. The Morgan fingerprint density at radius 3 is 2.00 bits per heavy atom. The van der Waals surface area contributed by atoms with Gasteiger partial charge in [-0.25, -0.2) is 9.97 Å². The van der Waals surface area contributed by atoms with Crippen LogP contribution in [-0.2, 0) is 0 Å². The van der Waals surface area contributed by atoms with E-state index in [-0.39, 0.29) is 0 Å². The fourth-order valence-electron chi connectivity index (χ4n) is 2.62. The highest BCUT2D eigenvalue weighted by atomic mass is 35.5. The molecule has 0 aliphatic rings. The highest BCUT2D eigenvalue weighted by Gasteiger charge is 2.19. The van der Waals surface area contributed by atoms with E-state index >= 15 is 0 Å². The number of thiol groups is 1. The van der Waals surface area contributed by atoms with Gasteiger partial charge in [0, 0.05) is 39.5 Å². The number of hydrogen-bond donors (Lipinski definition) is 2. The zero-order chi connectivity index (χ0) is 19.6. The molecule has 27 heavy (non-hydrogen) atoms. The van der Waals surface area contributed by atoms with E-state index < -0.39 is 5.54 Å². The molecule has 1 aromatic heterocycles. The van der Waals surface area contributed by atoms with Crippen molar-refractivity contribution in [2.75, 3.05) is 10.8 Å². The van der Waals surface area contributed by atoms with Gasteiger partial charge in [-0.15, -0.1) is 0 Å². The van der Waals surface area contributed by atoms with Crippen molar-refractivity contribution in [3.05, 3.63) is 64.8 Å². The summed E-state index contributed by atoms with van der Waals surface area (Å²) in [6.07, 6.45) is 1.79. The summed E-state index contributed by atoms with van der Waals surface area (Å²) in [5.41, 5.74) is 9.26. The van der Waals surface area contributed by atoms with Crippen LogP contribution in [0.3, 0.4) is 0 Å². The fraction of sp³-hybridized carbons (Fsp3) is 0.200. The summed E-state index contributed by atoms with van der Waals surface area (Å²) in [6.45, 7) is 4.35. The second-order valence-corrected chi connectivity index (χ2v) is 8.35. The summed E-state index contributed by atoms with van der Waals surface area (Å²) < 4.78 is 1.66. The van der Waals surface area contributed by atoms with Gasteiger partial charge in [-0.1, -0.05) is 60.3 Å². The first-order valence-corrected chi connectivity index (χ1v) is 9.53. The van der Waals surface area contributed by atoms with Crippen molar-refractivity contribution in [2.45, 2.75) is 19.4 Å². The average molecular weight is 419 g/mol. The molecule has 0 bridgehead atoms. The maximum atomic E-state index is 6.10. The van der Waals surface area contributed by atoms with Gasteiger partial charge in [-0.2, -0.15) is 0 Å². The van der Waals surface area contributed by atoms with E-state index in [2.05, 4.69) is 17.8 Å². The first-order chi connectivity index (χ1) is 12.7. The van der Waals surface area contributed by atoms with Crippen LogP contribution in [0.2, 0.25) is 10.0 Å². The molecule has 140 valence electrons. The predicted octanol–water partition coefficient (Wildman–Crippen LogP) is 5.51. The highest BCUT2D eigenvalue weighted by Crippen LogP contribution is 2.33. The number of nitrogens with zero attached hydrogens (tertiary/aromatic N) is 3. The molecule has 2 N–H and O–H groups in total. The van der Waals surface area contributed by atoms with Gasteiger partial charge in [0.2, 0.25) is 5.95 Å². The van der Waals surface area contributed by atoms with Crippen molar-refractivity contribution in [1.82, 2.24) is 9.97 Å². The summed E-state index contributed by atoms with van der Waals surface area (Å²) in [6, 6.07) is 15.1. The van der Waals surface area contributed by atoms with Gasteiger partial charge >= 0.3 is 0 Å². The van der Waals surface area contributed by atoms with Gasteiger partial charge < -0.3 is 5.73 Å². The second-order valence-electron chi connectivity index (χ2n) is 6.99. The maximum absolute atomic E-state index is 6.10. The Labute approximate surface area is 174 Å². The van der Waals surface area contributed by atoms with E-state index in [1.807, 2.05) is 62.4 Å². The molecule has 4 nitrogen and oxygen atoms in total. The van der Waals surface area contributed by atoms with E-state index in [1.54, 1.807) is 10.5 Å². The largest absolute Gasteiger partial charge is 0.324 e. The van der Waals surface area contributed by atoms with Crippen molar-refractivity contribution in [3.63, 3.8) is 0 Å². The van der Waals surface area contributed by atoms with Crippen molar-refractivity contribution >= 4 is 42.0 Å². The molecule has 3 aromatic rings.